The minimum absolute atomic E-state index is 0.0940. The quantitative estimate of drug-likeness (QED) is 0.336. The van der Waals surface area contributed by atoms with E-state index < -0.39 is 0 Å². The molecule has 0 unspecified atom stereocenters. The molecule has 2 fully saturated rings. The van der Waals surface area contributed by atoms with Gasteiger partial charge in [-0.15, -0.1) is 0 Å². The molecule has 0 bridgehead atoms. The molecule has 0 atom stereocenters. The maximum Gasteiger partial charge on any atom is 0.267 e. The minimum Gasteiger partial charge on any atom is -0.317 e. The van der Waals surface area contributed by atoms with Crippen LogP contribution in [0.1, 0.15) is 67.1 Å². The van der Waals surface area contributed by atoms with Crippen LogP contribution in [-0.2, 0) is 11.2 Å². The lowest BCUT2D eigenvalue weighted by molar-refractivity contribution is -0.124. The number of aryl methyl sites for hydroxylation is 3. The van der Waals surface area contributed by atoms with Gasteiger partial charge in [-0.25, -0.2) is 4.99 Å². The van der Waals surface area contributed by atoms with Crippen LogP contribution in [-0.4, -0.2) is 26.6 Å². The van der Waals surface area contributed by atoms with Gasteiger partial charge >= 0.3 is 0 Å². The second kappa shape index (κ2) is 10.5. The highest BCUT2D eigenvalue weighted by Gasteiger charge is 2.38. The van der Waals surface area contributed by atoms with Gasteiger partial charge in [0, 0.05) is 17.4 Å². The van der Waals surface area contributed by atoms with Crippen LogP contribution in [0.5, 0.6) is 0 Å². The van der Waals surface area contributed by atoms with E-state index in [4.69, 9.17) is 4.99 Å². The van der Waals surface area contributed by atoms with Crippen molar-refractivity contribution in [2.45, 2.75) is 72.3 Å². The first-order valence-electron chi connectivity index (χ1n) is 13.1. The van der Waals surface area contributed by atoms with Crippen LogP contribution in [0.4, 0.5) is 5.69 Å². The van der Waals surface area contributed by atoms with E-state index in [2.05, 4.69) is 62.6 Å². The summed E-state index contributed by atoms with van der Waals surface area (Å²) in [7, 11) is 0. The van der Waals surface area contributed by atoms with E-state index >= 15 is 0 Å². The molecule has 1 aromatic heterocycles. The monoisotopic (exact) mass is 497 g/mol. The normalized spacial score (nSPS) is 19.1. The van der Waals surface area contributed by atoms with E-state index in [-0.39, 0.29) is 11.9 Å². The number of rotatable bonds is 5. The number of thioether (sulfide) groups is 1. The number of carbonyl (C=O) groups is 1. The Bertz CT molecular complexity index is 1330. The topological polar surface area (TPSA) is 37.6 Å². The summed E-state index contributed by atoms with van der Waals surface area (Å²) in [5, 5.41) is 0.810. The smallest absolute Gasteiger partial charge is 0.267 e. The average molecular weight is 498 g/mol. The Kier molecular flexibility index (Phi) is 7.20. The number of amides is 1. The standard InChI is InChI=1S/C31H35N3OS/c1-5-24-14-12-13-21(2)29(24)33-22(3)19-25(23(33)4)20-28-30(35)34(27-17-10-7-11-18-27)31(36-28)32-26-15-8-6-9-16-26/h6,8-9,12-16,19-20,27H,5,7,10-11,17-18H2,1-4H3/b28-20-,32-31?. The predicted molar refractivity (Wildman–Crippen MR) is 152 cm³/mol. The number of hydrogen-bond donors (Lipinski definition) is 0. The van der Waals surface area contributed by atoms with Gasteiger partial charge < -0.3 is 4.57 Å². The molecule has 2 aliphatic rings. The van der Waals surface area contributed by atoms with Crippen molar-refractivity contribution in [3.8, 4) is 5.69 Å². The zero-order valence-electron chi connectivity index (χ0n) is 21.8. The summed E-state index contributed by atoms with van der Waals surface area (Å²) < 4.78 is 2.35. The van der Waals surface area contributed by atoms with Crippen LogP contribution in [0.25, 0.3) is 11.8 Å². The number of hydrogen-bond acceptors (Lipinski definition) is 3. The molecule has 1 aliphatic carbocycles. The SMILES string of the molecule is CCc1cccc(C)c1-n1c(C)cc(/C=C2\SC(=Nc3ccccc3)N(C3CCCCC3)C2=O)c1C. The van der Waals surface area contributed by atoms with E-state index in [0.29, 0.717) is 0 Å². The van der Waals surface area contributed by atoms with Crippen LogP contribution >= 0.6 is 11.8 Å². The van der Waals surface area contributed by atoms with E-state index in [1.165, 1.54) is 53.5 Å². The lowest BCUT2D eigenvalue weighted by Crippen LogP contribution is -2.40. The van der Waals surface area contributed by atoms with Gasteiger partial charge in [0.15, 0.2) is 5.17 Å². The molecule has 1 amide bonds. The summed E-state index contributed by atoms with van der Waals surface area (Å²) in [4.78, 5) is 21.5. The van der Waals surface area contributed by atoms with E-state index in [9.17, 15) is 4.79 Å². The third-order valence-corrected chi connectivity index (χ3v) is 8.42. The fourth-order valence-electron chi connectivity index (χ4n) is 5.58. The van der Waals surface area contributed by atoms with Gasteiger partial charge in [0.2, 0.25) is 0 Å². The van der Waals surface area contributed by atoms with Gasteiger partial charge in [-0.2, -0.15) is 0 Å². The third kappa shape index (κ3) is 4.69. The molecule has 1 saturated carbocycles. The first kappa shape index (κ1) is 24.6. The number of amidine groups is 1. The van der Waals surface area contributed by atoms with E-state index in [1.54, 1.807) is 0 Å². The van der Waals surface area contributed by atoms with Gasteiger partial charge in [-0.05, 0) is 92.8 Å². The van der Waals surface area contributed by atoms with Crippen molar-refractivity contribution in [1.29, 1.82) is 0 Å². The van der Waals surface area contributed by atoms with Crippen molar-refractivity contribution in [2.75, 3.05) is 0 Å². The zero-order valence-corrected chi connectivity index (χ0v) is 22.6. The Hall–Kier alpha value is -3.05. The number of aliphatic imine (C=N–C) groups is 1. The summed E-state index contributed by atoms with van der Waals surface area (Å²) in [6.07, 6.45) is 8.77. The maximum atomic E-state index is 13.8. The van der Waals surface area contributed by atoms with Crippen LogP contribution in [0, 0.1) is 20.8 Å². The van der Waals surface area contributed by atoms with Gasteiger partial charge in [-0.1, -0.05) is 62.6 Å². The molecule has 1 saturated heterocycles. The van der Waals surface area contributed by atoms with Crippen molar-refractivity contribution in [3.05, 3.63) is 87.6 Å². The van der Waals surface area contributed by atoms with Crippen molar-refractivity contribution in [2.24, 2.45) is 4.99 Å². The van der Waals surface area contributed by atoms with Crippen molar-refractivity contribution >= 4 is 34.6 Å². The summed E-state index contributed by atoms with van der Waals surface area (Å²) in [6.45, 7) is 8.70. The first-order valence-corrected chi connectivity index (χ1v) is 13.9. The molecular formula is C31H35N3OS. The first-order chi connectivity index (χ1) is 17.5. The van der Waals surface area contributed by atoms with Crippen LogP contribution in [0.15, 0.2) is 64.5 Å². The average Bonchev–Trinajstić information content (AvgIpc) is 3.34. The molecule has 0 radical (unpaired) electrons. The Balaban J connectivity index is 1.55. The fourth-order valence-corrected chi connectivity index (χ4v) is 6.63. The second-order valence-electron chi connectivity index (χ2n) is 9.91. The highest BCUT2D eigenvalue weighted by molar-refractivity contribution is 8.18. The molecule has 2 heterocycles. The zero-order chi connectivity index (χ0) is 25.2. The Morgan fingerprint density at radius 2 is 1.75 bits per heavy atom. The van der Waals surface area contributed by atoms with Crippen molar-refractivity contribution in [1.82, 2.24) is 9.47 Å². The van der Waals surface area contributed by atoms with Gasteiger partial charge in [0.05, 0.1) is 16.3 Å². The molecule has 4 nitrogen and oxygen atoms in total. The summed E-state index contributed by atoms with van der Waals surface area (Å²) in [5.41, 5.74) is 8.19. The summed E-state index contributed by atoms with van der Waals surface area (Å²) in [6, 6.07) is 18.9. The predicted octanol–water partition coefficient (Wildman–Crippen LogP) is 7.90. The summed E-state index contributed by atoms with van der Waals surface area (Å²) in [5.74, 6) is 0.0940. The second-order valence-corrected chi connectivity index (χ2v) is 10.9. The molecule has 0 spiro atoms. The van der Waals surface area contributed by atoms with E-state index in [1.807, 2.05) is 35.2 Å². The molecule has 2 aromatic carbocycles. The van der Waals surface area contributed by atoms with Gasteiger partial charge in [-0.3, -0.25) is 9.69 Å². The number of carbonyl (C=O) groups excluding carboxylic acids is 1. The number of para-hydroxylation sites is 2. The van der Waals surface area contributed by atoms with Gasteiger partial charge in [0.25, 0.3) is 5.91 Å². The molecule has 5 rings (SSSR count). The molecule has 1 aliphatic heterocycles. The van der Waals surface area contributed by atoms with Crippen LogP contribution < -0.4 is 0 Å². The highest BCUT2D eigenvalue weighted by Crippen LogP contribution is 2.39. The summed E-state index contributed by atoms with van der Waals surface area (Å²) >= 11 is 1.52. The minimum atomic E-state index is 0.0940. The molecule has 186 valence electrons. The largest absolute Gasteiger partial charge is 0.317 e. The number of nitrogens with zero attached hydrogens (tertiary/aromatic N) is 3. The van der Waals surface area contributed by atoms with Crippen LogP contribution in [0.2, 0.25) is 0 Å². The molecular weight excluding hydrogens is 462 g/mol. The Morgan fingerprint density at radius 1 is 1.00 bits per heavy atom. The fraction of sp³-hybridized carbons (Fsp3) is 0.355. The lowest BCUT2D eigenvalue weighted by Gasteiger charge is -2.30. The van der Waals surface area contributed by atoms with Gasteiger partial charge in [0.1, 0.15) is 0 Å². The molecule has 3 aromatic rings. The third-order valence-electron chi connectivity index (χ3n) is 7.44. The van der Waals surface area contributed by atoms with Crippen LogP contribution in [0.3, 0.4) is 0 Å². The van der Waals surface area contributed by atoms with Crippen molar-refractivity contribution < 1.29 is 4.79 Å². The lowest BCUT2D eigenvalue weighted by atomic mass is 9.94. The molecule has 36 heavy (non-hydrogen) atoms. The molecule has 5 heteroatoms. The Labute approximate surface area is 219 Å². The van der Waals surface area contributed by atoms with E-state index in [0.717, 1.165) is 46.3 Å². The number of aromatic nitrogens is 1. The van der Waals surface area contributed by atoms with Crippen molar-refractivity contribution in [3.63, 3.8) is 0 Å². The number of benzene rings is 2. The highest BCUT2D eigenvalue weighted by atomic mass is 32.2. The molecule has 0 N–H and O–H groups in total. The maximum absolute atomic E-state index is 13.8. The Morgan fingerprint density at radius 3 is 2.47 bits per heavy atom.